The van der Waals surface area contributed by atoms with Crippen LogP contribution in [0.1, 0.15) is 26.7 Å². The van der Waals surface area contributed by atoms with Gasteiger partial charge in [0.1, 0.15) is 11.1 Å². The van der Waals surface area contributed by atoms with Crippen molar-refractivity contribution in [2.24, 2.45) is 5.92 Å². The van der Waals surface area contributed by atoms with Crippen molar-refractivity contribution >= 4 is 15.7 Å². The molecule has 0 aliphatic carbocycles. The topological polar surface area (TPSA) is 95.9 Å². The van der Waals surface area contributed by atoms with Gasteiger partial charge in [0, 0.05) is 12.5 Å². The van der Waals surface area contributed by atoms with Crippen LogP contribution in [0, 0.1) is 5.92 Å². The summed E-state index contributed by atoms with van der Waals surface area (Å²) < 4.78 is 31.3. The number of carbonyl (C=O) groups excluding carboxylic acids is 1. The van der Waals surface area contributed by atoms with Gasteiger partial charge in [0.05, 0.1) is 11.5 Å². The lowest BCUT2D eigenvalue weighted by Crippen LogP contribution is -2.49. The molecule has 1 amide bonds. The van der Waals surface area contributed by atoms with Crippen molar-refractivity contribution in [2.45, 2.75) is 37.0 Å². The molecule has 1 saturated heterocycles. The van der Waals surface area contributed by atoms with Gasteiger partial charge in [-0.2, -0.15) is 0 Å². The molecule has 134 valence electrons. The monoisotopic (exact) mass is 356 g/mol. The third-order valence-electron chi connectivity index (χ3n) is 4.37. The Bertz CT molecular complexity index is 660. The van der Waals surface area contributed by atoms with Gasteiger partial charge in [-0.3, -0.25) is 14.9 Å². The fourth-order valence-electron chi connectivity index (χ4n) is 3.04. The number of sulfone groups is 1. The molecule has 2 unspecified atom stereocenters. The van der Waals surface area contributed by atoms with Crippen LogP contribution in [-0.4, -0.2) is 49.5 Å². The molecule has 7 nitrogen and oxygen atoms in total. The third-order valence-corrected chi connectivity index (χ3v) is 6.50. The van der Waals surface area contributed by atoms with Crippen LogP contribution in [0.15, 0.2) is 29.2 Å². The molecule has 1 aliphatic heterocycles. The van der Waals surface area contributed by atoms with Gasteiger partial charge < -0.3 is 4.74 Å². The number of likely N-dealkylation sites (tertiary alicyclic amines) is 1. The van der Waals surface area contributed by atoms with Crippen LogP contribution < -0.4 is 10.2 Å². The average molecular weight is 356 g/mol. The summed E-state index contributed by atoms with van der Waals surface area (Å²) >= 11 is 0. The standard InChI is InChI=1S/C16H24N2O5S/c1-3-18-10-9-12(16(19)17-20)11-15(18)24(21,22)14-7-5-13(6-8-14)23-4-2/h5-8,12,15,20H,3-4,9-11H2,1-2H3,(H,17,19). The molecule has 2 atom stereocenters. The number of ether oxygens (including phenoxy) is 1. The van der Waals surface area contributed by atoms with Crippen LogP contribution in [0.5, 0.6) is 5.75 Å². The zero-order valence-corrected chi connectivity index (χ0v) is 14.8. The van der Waals surface area contributed by atoms with E-state index in [4.69, 9.17) is 9.94 Å². The van der Waals surface area contributed by atoms with E-state index in [1.54, 1.807) is 17.6 Å². The number of rotatable bonds is 6. The molecule has 0 bridgehead atoms. The predicted octanol–water partition coefficient (Wildman–Crippen LogP) is 1.42. The molecule has 0 aromatic heterocycles. The van der Waals surface area contributed by atoms with E-state index >= 15 is 0 Å². The summed E-state index contributed by atoms with van der Waals surface area (Å²) in [5.41, 5.74) is 1.63. The molecule has 1 fully saturated rings. The first-order valence-electron chi connectivity index (χ1n) is 8.08. The molecule has 1 aliphatic rings. The first kappa shape index (κ1) is 18.7. The van der Waals surface area contributed by atoms with E-state index in [0.29, 0.717) is 31.9 Å². The van der Waals surface area contributed by atoms with Gasteiger partial charge in [-0.05, 0) is 50.6 Å². The van der Waals surface area contributed by atoms with Crippen molar-refractivity contribution in [1.29, 1.82) is 0 Å². The number of carbonyl (C=O) groups is 1. The average Bonchev–Trinajstić information content (AvgIpc) is 2.61. The summed E-state index contributed by atoms with van der Waals surface area (Å²) in [6.45, 7) is 5.34. The second kappa shape index (κ2) is 7.96. The summed E-state index contributed by atoms with van der Waals surface area (Å²) in [6.07, 6.45) is 0.686. The Morgan fingerprint density at radius 1 is 1.33 bits per heavy atom. The highest BCUT2D eigenvalue weighted by molar-refractivity contribution is 7.92. The minimum absolute atomic E-state index is 0.162. The largest absolute Gasteiger partial charge is 0.494 e. The third kappa shape index (κ3) is 3.88. The Kier molecular flexibility index (Phi) is 6.20. The molecule has 0 radical (unpaired) electrons. The highest BCUT2D eigenvalue weighted by Gasteiger charge is 2.39. The number of amides is 1. The Hall–Kier alpha value is -1.64. The number of benzene rings is 1. The summed E-state index contributed by atoms with van der Waals surface area (Å²) in [5.74, 6) is -0.428. The van der Waals surface area contributed by atoms with Gasteiger partial charge in [-0.15, -0.1) is 0 Å². The normalized spacial score (nSPS) is 22.1. The van der Waals surface area contributed by atoms with Gasteiger partial charge in [0.25, 0.3) is 0 Å². The molecule has 2 N–H and O–H groups in total. The SMILES string of the molecule is CCOc1ccc(S(=O)(=O)C2CC(C(=O)NO)CCN2CC)cc1. The Labute approximate surface area is 142 Å². The lowest BCUT2D eigenvalue weighted by Gasteiger charge is -2.37. The molecule has 1 aromatic rings. The number of nitrogens with zero attached hydrogens (tertiary/aromatic N) is 1. The highest BCUT2D eigenvalue weighted by Crippen LogP contribution is 2.31. The van der Waals surface area contributed by atoms with Crippen LogP contribution in [0.4, 0.5) is 0 Å². The molecule has 0 spiro atoms. The Morgan fingerprint density at radius 2 is 2.00 bits per heavy atom. The van der Waals surface area contributed by atoms with Crippen molar-refractivity contribution in [1.82, 2.24) is 10.4 Å². The molecule has 0 saturated carbocycles. The van der Waals surface area contributed by atoms with Crippen molar-refractivity contribution in [3.8, 4) is 5.75 Å². The maximum atomic E-state index is 13.0. The quantitative estimate of drug-likeness (QED) is 0.591. The van der Waals surface area contributed by atoms with Gasteiger partial charge in [0.2, 0.25) is 5.91 Å². The second-order valence-corrected chi connectivity index (χ2v) is 7.84. The molecule has 2 rings (SSSR count). The summed E-state index contributed by atoms with van der Waals surface area (Å²) in [6, 6.07) is 6.33. The van der Waals surface area contributed by atoms with Gasteiger partial charge in [-0.1, -0.05) is 6.92 Å². The zero-order valence-electron chi connectivity index (χ0n) is 13.9. The van der Waals surface area contributed by atoms with E-state index in [9.17, 15) is 13.2 Å². The van der Waals surface area contributed by atoms with Crippen LogP contribution in [0.3, 0.4) is 0 Å². The van der Waals surface area contributed by atoms with E-state index in [-0.39, 0.29) is 11.3 Å². The molecule has 1 aromatic carbocycles. The molecule has 24 heavy (non-hydrogen) atoms. The van der Waals surface area contributed by atoms with Crippen molar-refractivity contribution in [3.63, 3.8) is 0 Å². The molecular weight excluding hydrogens is 332 g/mol. The summed E-state index contributed by atoms with van der Waals surface area (Å²) in [7, 11) is -3.62. The Balaban J connectivity index is 2.28. The van der Waals surface area contributed by atoms with E-state index in [1.807, 2.05) is 18.7 Å². The van der Waals surface area contributed by atoms with Crippen LogP contribution in [0.2, 0.25) is 0 Å². The maximum absolute atomic E-state index is 13.0. The van der Waals surface area contributed by atoms with Gasteiger partial charge in [-0.25, -0.2) is 13.9 Å². The number of piperidine rings is 1. The van der Waals surface area contributed by atoms with Crippen molar-refractivity contribution in [2.75, 3.05) is 19.7 Å². The van der Waals surface area contributed by atoms with Crippen LogP contribution >= 0.6 is 0 Å². The van der Waals surface area contributed by atoms with Crippen LogP contribution in [-0.2, 0) is 14.6 Å². The number of nitrogens with one attached hydrogen (secondary N) is 1. The first-order valence-corrected chi connectivity index (χ1v) is 9.63. The smallest absolute Gasteiger partial charge is 0.246 e. The fraction of sp³-hybridized carbons (Fsp3) is 0.562. The number of hydrogen-bond acceptors (Lipinski definition) is 6. The minimum Gasteiger partial charge on any atom is -0.494 e. The van der Waals surface area contributed by atoms with Crippen LogP contribution in [0.25, 0.3) is 0 Å². The van der Waals surface area contributed by atoms with Crippen molar-refractivity contribution < 1.29 is 23.2 Å². The molecule has 1 heterocycles. The van der Waals surface area contributed by atoms with Gasteiger partial charge >= 0.3 is 0 Å². The molecular formula is C16H24N2O5S. The highest BCUT2D eigenvalue weighted by atomic mass is 32.2. The minimum atomic E-state index is -3.62. The van der Waals surface area contributed by atoms with E-state index in [2.05, 4.69) is 0 Å². The summed E-state index contributed by atoms with van der Waals surface area (Å²) in [5, 5.41) is 8.04. The lowest BCUT2D eigenvalue weighted by molar-refractivity contribution is -0.135. The number of hydroxylamine groups is 1. The maximum Gasteiger partial charge on any atom is 0.246 e. The summed E-state index contributed by atoms with van der Waals surface area (Å²) in [4.78, 5) is 13.8. The second-order valence-electron chi connectivity index (χ2n) is 5.73. The van der Waals surface area contributed by atoms with E-state index < -0.39 is 27.0 Å². The Morgan fingerprint density at radius 3 is 2.54 bits per heavy atom. The number of hydrogen-bond donors (Lipinski definition) is 2. The predicted molar refractivity (Wildman–Crippen MR) is 88.5 cm³/mol. The zero-order chi connectivity index (χ0) is 17.7. The van der Waals surface area contributed by atoms with E-state index in [1.165, 1.54) is 12.1 Å². The van der Waals surface area contributed by atoms with Gasteiger partial charge in [0.15, 0.2) is 9.84 Å². The lowest BCUT2D eigenvalue weighted by atomic mass is 9.96. The first-order chi connectivity index (χ1) is 11.4. The molecule has 8 heteroatoms. The van der Waals surface area contributed by atoms with Crippen molar-refractivity contribution in [3.05, 3.63) is 24.3 Å². The fourth-order valence-corrected chi connectivity index (χ4v) is 5.00. The van der Waals surface area contributed by atoms with E-state index in [0.717, 1.165) is 0 Å².